The molecule has 2 aromatic rings. The fraction of sp³-hybridized carbons (Fsp3) is 0.188. The molecule has 10 heteroatoms. The molecule has 2 rings (SSSR count). The fourth-order valence-corrected chi connectivity index (χ4v) is 3.62. The summed E-state index contributed by atoms with van der Waals surface area (Å²) in [7, 11) is 0. The molecule has 0 saturated heterocycles. The maximum absolute atomic E-state index is 14.2. The van der Waals surface area contributed by atoms with Gasteiger partial charge < -0.3 is 5.73 Å². The number of halogens is 5. The Balaban J connectivity index is 2.59. The van der Waals surface area contributed by atoms with Crippen molar-refractivity contribution >= 4 is 33.6 Å². The standard InChI is InChI=1S/C16H10BrF4N3OS/c1-7-4-11(16(19,20)21)10(6-22)15(24-7)26-13(14(23)25)9-3-2-8(17)5-12(9)18/h2-5,13H,1H3,(H2,23,25). The number of aryl methyl sites for hydroxylation is 1. The highest BCUT2D eigenvalue weighted by Crippen LogP contribution is 2.41. The molecule has 0 aliphatic rings. The second kappa shape index (κ2) is 7.63. The lowest BCUT2D eigenvalue weighted by molar-refractivity contribution is -0.138. The first-order valence-electron chi connectivity index (χ1n) is 6.94. The van der Waals surface area contributed by atoms with E-state index in [4.69, 9.17) is 11.0 Å². The number of benzene rings is 1. The Hall–Kier alpha value is -2.12. The average molecular weight is 448 g/mol. The zero-order valence-corrected chi connectivity index (χ0v) is 15.5. The van der Waals surface area contributed by atoms with Crippen molar-refractivity contribution in [2.75, 3.05) is 0 Å². The van der Waals surface area contributed by atoms with Gasteiger partial charge in [0.25, 0.3) is 0 Å². The highest BCUT2D eigenvalue weighted by molar-refractivity contribution is 9.10. The molecule has 1 amide bonds. The second-order valence-electron chi connectivity index (χ2n) is 5.17. The largest absolute Gasteiger partial charge is 0.417 e. The van der Waals surface area contributed by atoms with Gasteiger partial charge >= 0.3 is 6.18 Å². The normalized spacial score (nSPS) is 12.5. The summed E-state index contributed by atoms with van der Waals surface area (Å²) in [6.45, 7) is 1.32. The van der Waals surface area contributed by atoms with Gasteiger partial charge in [0.15, 0.2) is 0 Å². The van der Waals surface area contributed by atoms with Crippen LogP contribution in [0.5, 0.6) is 0 Å². The Morgan fingerprint density at radius 1 is 1.38 bits per heavy atom. The Bertz CT molecular complexity index is 912. The molecule has 0 radical (unpaired) electrons. The average Bonchev–Trinajstić information content (AvgIpc) is 2.51. The van der Waals surface area contributed by atoms with Crippen molar-refractivity contribution in [2.45, 2.75) is 23.4 Å². The quantitative estimate of drug-likeness (QED) is 0.552. The number of thioether (sulfide) groups is 1. The van der Waals surface area contributed by atoms with Gasteiger partial charge in [-0.2, -0.15) is 18.4 Å². The van der Waals surface area contributed by atoms with Crippen LogP contribution >= 0.6 is 27.7 Å². The predicted molar refractivity (Wildman–Crippen MR) is 90.6 cm³/mol. The summed E-state index contributed by atoms with van der Waals surface area (Å²) in [6, 6.07) is 6.05. The molecule has 1 atom stereocenters. The van der Waals surface area contributed by atoms with Crippen molar-refractivity contribution in [2.24, 2.45) is 5.73 Å². The minimum absolute atomic E-state index is 0.00155. The number of primary amides is 1. The molecular formula is C16H10BrF4N3OS. The molecule has 1 heterocycles. The van der Waals surface area contributed by atoms with Gasteiger partial charge in [0.2, 0.25) is 5.91 Å². The molecule has 136 valence electrons. The molecule has 0 saturated carbocycles. The van der Waals surface area contributed by atoms with Gasteiger partial charge in [0.05, 0.1) is 11.1 Å². The van der Waals surface area contributed by atoms with Gasteiger partial charge in [0, 0.05) is 15.7 Å². The number of rotatable bonds is 4. The second-order valence-corrected chi connectivity index (χ2v) is 7.18. The molecule has 1 aromatic heterocycles. The molecular weight excluding hydrogens is 438 g/mol. The van der Waals surface area contributed by atoms with Crippen molar-refractivity contribution in [1.29, 1.82) is 5.26 Å². The van der Waals surface area contributed by atoms with Crippen LogP contribution in [0.1, 0.15) is 27.6 Å². The number of nitrogens with zero attached hydrogens (tertiary/aromatic N) is 2. The molecule has 2 N–H and O–H groups in total. The van der Waals surface area contributed by atoms with Crippen LogP contribution in [0.2, 0.25) is 0 Å². The van der Waals surface area contributed by atoms with Gasteiger partial charge in [-0.15, -0.1) is 0 Å². The minimum Gasteiger partial charge on any atom is -0.368 e. The van der Waals surface area contributed by atoms with E-state index in [0.29, 0.717) is 16.2 Å². The molecule has 0 bridgehead atoms. The van der Waals surface area contributed by atoms with Gasteiger partial charge in [0.1, 0.15) is 22.2 Å². The molecule has 0 fully saturated rings. The molecule has 26 heavy (non-hydrogen) atoms. The van der Waals surface area contributed by atoms with Crippen LogP contribution in [0.4, 0.5) is 17.6 Å². The van der Waals surface area contributed by atoms with Crippen LogP contribution in [0, 0.1) is 24.1 Å². The summed E-state index contributed by atoms with van der Waals surface area (Å²) in [5, 5.41) is 7.47. The zero-order chi connectivity index (χ0) is 19.6. The summed E-state index contributed by atoms with van der Waals surface area (Å²) in [5.74, 6) is -1.74. The van der Waals surface area contributed by atoms with Crippen molar-refractivity contribution in [3.8, 4) is 6.07 Å². The molecule has 0 aliphatic carbocycles. The Kier molecular flexibility index (Phi) is 5.93. The lowest BCUT2D eigenvalue weighted by Crippen LogP contribution is -2.20. The van der Waals surface area contributed by atoms with E-state index in [1.807, 2.05) is 0 Å². The number of hydrogen-bond acceptors (Lipinski definition) is 4. The van der Waals surface area contributed by atoms with Crippen molar-refractivity contribution in [3.05, 3.63) is 56.9 Å². The van der Waals surface area contributed by atoms with Crippen LogP contribution in [0.25, 0.3) is 0 Å². The number of carbonyl (C=O) groups is 1. The maximum atomic E-state index is 14.2. The van der Waals surface area contributed by atoms with Crippen LogP contribution in [0.15, 0.2) is 33.8 Å². The van der Waals surface area contributed by atoms with Gasteiger partial charge in [-0.25, -0.2) is 9.37 Å². The van der Waals surface area contributed by atoms with E-state index in [0.717, 1.165) is 12.1 Å². The monoisotopic (exact) mass is 447 g/mol. The highest BCUT2D eigenvalue weighted by atomic mass is 79.9. The number of hydrogen-bond donors (Lipinski definition) is 1. The molecule has 0 aliphatic heterocycles. The Morgan fingerprint density at radius 2 is 2.04 bits per heavy atom. The van der Waals surface area contributed by atoms with Crippen molar-refractivity contribution < 1.29 is 22.4 Å². The third-order valence-electron chi connectivity index (χ3n) is 3.26. The fourth-order valence-electron chi connectivity index (χ4n) is 2.16. The summed E-state index contributed by atoms with van der Waals surface area (Å²) >= 11 is 3.57. The number of amides is 1. The van der Waals surface area contributed by atoms with E-state index in [1.165, 1.54) is 25.1 Å². The molecule has 1 unspecified atom stereocenters. The predicted octanol–water partition coefficient (Wildman–Crippen LogP) is 4.50. The molecule has 4 nitrogen and oxygen atoms in total. The first-order valence-corrected chi connectivity index (χ1v) is 8.61. The minimum atomic E-state index is -4.78. The summed E-state index contributed by atoms with van der Waals surface area (Å²) in [6.07, 6.45) is -4.78. The van der Waals surface area contributed by atoms with E-state index in [1.54, 1.807) is 0 Å². The van der Waals surface area contributed by atoms with E-state index in [2.05, 4.69) is 20.9 Å². The zero-order valence-electron chi connectivity index (χ0n) is 13.1. The van der Waals surface area contributed by atoms with Gasteiger partial charge in [-0.1, -0.05) is 33.8 Å². The topological polar surface area (TPSA) is 79.8 Å². The van der Waals surface area contributed by atoms with E-state index in [9.17, 15) is 22.4 Å². The highest BCUT2D eigenvalue weighted by Gasteiger charge is 2.36. The first-order chi connectivity index (χ1) is 12.0. The Labute approximate surface area is 158 Å². The van der Waals surface area contributed by atoms with Crippen LogP contribution in [-0.2, 0) is 11.0 Å². The van der Waals surface area contributed by atoms with E-state index >= 15 is 0 Å². The van der Waals surface area contributed by atoms with Gasteiger partial charge in [-0.3, -0.25) is 4.79 Å². The summed E-state index contributed by atoms with van der Waals surface area (Å²) in [5.41, 5.74) is 3.27. The van der Waals surface area contributed by atoms with E-state index < -0.39 is 34.3 Å². The number of nitrogens with two attached hydrogens (primary N) is 1. The third-order valence-corrected chi connectivity index (χ3v) is 5.00. The maximum Gasteiger partial charge on any atom is 0.417 e. The first kappa shape index (κ1) is 20.2. The molecule has 0 spiro atoms. The number of alkyl halides is 3. The smallest absolute Gasteiger partial charge is 0.368 e. The van der Waals surface area contributed by atoms with Crippen LogP contribution < -0.4 is 5.73 Å². The summed E-state index contributed by atoms with van der Waals surface area (Å²) < 4.78 is 54.1. The Morgan fingerprint density at radius 3 is 2.54 bits per heavy atom. The number of pyridine rings is 1. The number of nitriles is 1. The molecule has 1 aromatic carbocycles. The van der Waals surface area contributed by atoms with Crippen LogP contribution in [-0.4, -0.2) is 10.9 Å². The van der Waals surface area contributed by atoms with Crippen molar-refractivity contribution in [1.82, 2.24) is 4.98 Å². The summed E-state index contributed by atoms with van der Waals surface area (Å²) in [4.78, 5) is 15.7. The lowest BCUT2D eigenvalue weighted by Gasteiger charge is -2.17. The SMILES string of the molecule is Cc1cc(C(F)(F)F)c(C#N)c(SC(C(N)=O)c2ccc(Br)cc2F)n1. The number of aromatic nitrogens is 1. The lowest BCUT2D eigenvalue weighted by atomic mass is 10.1. The third kappa shape index (κ3) is 4.34. The van der Waals surface area contributed by atoms with Crippen LogP contribution in [0.3, 0.4) is 0 Å². The van der Waals surface area contributed by atoms with Crippen molar-refractivity contribution in [3.63, 3.8) is 0 Å². The number of carbonyl (C=O) groups excluding carboxylic acids is 1. The van der Waals surface area contributed by atoms with Gasteiger partial charge in [-0.05, 0) is 25.1 Å². The van der Waals surface area contributed by atoms with E-state index in [-0.39, 0.29) is 16.3 Å².